The number of hydrogen-bond donors (Lipinski definition) is 0. The molecule has 0 aliphatic rings. The van der Waals surface area contributed by atoms with Crippen LogP contribution in [0.15, 0.2) is 24.3 Å². The van der Waals surface area contributed by atoms with Crippen molar-refractivity contribution in [3.63, 3.8) is 0 Å². The van der Waals surface area contributed by atoms with Crippen LogP contribution in [0.2, 0.25) is 0 Å². The van der Waals surface area contributed by atoms with Crippen LogP contribution in [0.5, 0.6) is 5.75 Å². The first-order valence-corrected chi connectivity index (χ1v) is 4.23. The summed E-state index contributed by atoms with van der Waals surface area (Å²) in [5.74, 6) is -0.374. The molecule has 70 valence electrons. The fraction of sp³-hybridized carbons (Fsp3) is 0.222. The molecule has 1 aromatic rings. The first kappa shape index (κ1) is 9.86. The minimum absolute atomic E-state index is 0.378. The lowest BCUT2D eigenvalue weighted by Crippen LogP contribution is -2.28. The summed E-state index contributed by atoms with van der Waals surface area (Å²) in [6, 6.07) is 6.94. The Labute approximate surface area is 80.9 Å². The number of halogens is 1. The Morgan fingerprint density at radius 2 is 2.31 bits per heavy atom. The van der Waals surface area contributed by atoms with Crippen molar-refractivity contribution in [1.82, 2.24) is 0 Å². The lowest BCUT2D eigenvalue weighted by Gasteiger charge is -2.06. The van der Waals surface area contributed by atoms with Crippen molar-refractivity contribution in [2.45, 2.75) is 5.88 Å². The molecule has 13 heavy (non-hydrogen) atoms. The molecule has 0 spiro atoms. The first-order chi connectivity index (χ1) is 6.22. The second-order valence-corrected chi connectivity index (χ2v) is 2.71. The number of carbonyl (C=O) groups is 1. The molecule has 0 aliphatic heterocycles. The van der Waals surface area contributed by atoms with E-state index in [1.807, 2.05) is 6.07 Å². The number of hydrogen-bond acceptors (Lipinski definition) is 3. The molecule has 0 N–H and O–H groups in total. The van der Waals surface area contributed by atoms with Crippen LogP contribution < -0.4 is 9.84 Å². The Bertz CT molecular complexity index is 299. The number of carboxylic acid groups (broad SMARTS) is 1. The third-order valence-corrected chi connectivity index (χ3v) is 1.72. The highest BCUT2D eigenvalue weighted by Crippen LogP contribution is 2.14. The zero-order valence-corrected chi connectivity index (χ0v) is 7.58. The third-order valence-electron chi connectivity index (χ3n) is 1.41. The Kier molecular flexibility index (Phi) is 3.58. The molecule has 0 atom stereocenters. The lowest BCUT2D eigenvalue weighted by molar-refractivity contribution is -0.307. The van der Waals surface area contributed by atoms with Crippen molar-refractivity contribution in [1.29, 1.82) is 0 Å². The Hall–Kier alpha value is -1.22. The number of benzene rings is 1. The average molecular weight is 200 g/mol. The molecule has 0 heterocycles. The molecule has 0 amide bonds. The predicted octanol–water partition coefficient (Wildman–Crippen LogP) is 0.554. The molecule has 0 bridgehead atoms. The van der Waals surface area contributed by atoms with E-state index in [9.17, 15) is 9.90 Å². The summed E-state index contributed by atoms with van der Waals surface area (Å²) in [5.41, 5.74) is 0.887. The maximum absolute atomic E-state index is 10.1. The Morgan fingerprint density at radius 3 is 2.92 bits per heavy atom. The molecule has 0 aromatic heterocycles. The van der Waals surface area contributed by atoms with Gasteiger partial charge in [0.05, 0.1) is 5.97 Å². The zero-order chi connectivity index (χ0) is 9.68. The van der Waals surface area contributed by atoms with Crippen molar-refractivity contribution in [2.75, 3.05) is 6.61 Å². The van der Waals surface area contributed by atoms with Crippen LogP contribution in [0.1, 0.15) is 5.56 Å². The summed E-state index contributed by atoms with van der Waals surface area (Å²) in [6.07, 6.45) is 0. The number of carboxylic acids is 1. The molecule has 1 aromatic carbocycles. The maximum atomic E-state index is 10.1. The smallest absolute Gasteiger partial charge is 0.128 e. The van der Waals surface area contributed by atoms with Crippen LogP contribution >= 0.6 is 11.6 Å². The predicted molar refractivity (Wildman–Crippen MR) is 46.5 cm³/mol. The van der Waals surface area contributed by atoms with Crippen molar-refractivity contribution in [2.24, 2.45) is 0 Å². The average Bonchev–Trinajstić information content (AvgIpc) is 2.15. The highest BCUT2D eigenvalue weighted by molar-refractivity contribution is 6.17. The van der Waals surface area contributed by atoms with E-state index in [0.29, 0.717) is 11.6 Å². The molecule has 1 rings (SSSR count). The molecule has 0 aliphatic carbocycles. The third kappa shape index (κ3) is 3.34. The van der Waals surface area contributed by atoms with E-state index in [1.54, 1.807) is 18.2 Å². The molecule has 0 fully saturated rings. The molecular formula is C9H8ClO3-. The molecule has 0 radical (unpaired) electrons. The number of carbonyl (C=O) groups excluding carboxylic acids is 1. The first-order valence-electron chi connectivity index (χ1n) is 3.70. The molecule has 3 nitrogen and oxygen atoms in total. The van der Waals surface area contributed by atoms with E-state index in [0.717, 1.165) is 5.56 Å². The quantitative estimate of drug-likeness (QED) is 0.666. The van der Waals surface area contributed by atoms with Crippen LogP contribution in [-0.2, 0) is 10.7 Å². The Morgan fingerprint density at radius 1 is 1.54 bits per heavy atom. The van der Waals surface area contributed by atoms with Crippen LogP contribution in [0.25, 0.3) is 0 Å². The summed E-state index contributed by atoms with van der Waals surface area (Å²) in [6.45, 7) is -0.439. The highest BCUT2D eigenvalue weighted by Gasteiger charge is 1.95. The molecular weight excluding hydrogens is 192 g/mol. The van der Waals surface area contributed by atoms with Gasteiger partial charge in [-0.2, -0.15) is 0 Å². The zero-order valence-electron chi connectivity index (χ0n) is 6.83. The van der Waals surface area contributed by atoms with Gasteiger partial charge >= 0.3 is 0 Å². The lowest BCUT2D eigenvalue weighted by atomic mass is 10.2. The van der Waals surface area contributed by atoms with Crippen molar-refractivity contribution >= 4 is 17.6 Å². The van der Waals surface area contributed by atoms with Gasteiger partial charge < -0.3 is 14.6 Å². The van der Waals surface area contributed by atoms with Crippen LogP contribution in [-0.4, -0.2) is 12.6 Å². The minimum Gasteiger partial charge on any atom is -0.546 e. The van der Waals surface area contributed by atoms with Crippen molar-refractivity contribution in [3.05, 3.63) is 29.8 Å². The summed E-state index contributed by atoms with van der Waals surface area (Å²) in [5, 5.41) is 10.1. The van der Waals surface area contributed by atoms with Gasteiger partial charge in [-0.1, -0.05) is 12.1 Å². The summed E-state index contributed by atoms with van der Waals surface area (Å²) >= 11 is 5.58. The fourth-order valence-corrected chi connectivity index (χ4v) is 1.03. The summed E-state index contributed by atoms with van der Waals surface area (Å²) < 4.78 is 4.89. The van der Waals surface area contributed by atoms with Gasteiger partial charge in [-0.05, 0) is 17.7 Å². The second-order valence-electron chi connectivity index (χ2n) is 2.44. The standard InChI is InChI=1S/C9H9ClO3/c10-5-7-2-1-3-8(4-7)13-6-9(11)12/h1-4H,5-6H2,(H,11,12)/p-1. The number of alkyl halides is 1. The van der Waals surface area contributed by atoms with Gasteiger partial charge in [0.1, 0.15) is 12.4 Å². The second kappa shape index (κ2) is 4.72. The van der Waals surface area contributed by atoms with E-state index in [-0.39, 0.29) is 0 Å². The van der Waals surface area contributed by atoms with Crippen LogP contribution in [0.4, 0.5) is 0 Å². The summed E-state index contributed by atoms with van der Waals surface area (Å²) in [4.78, 5) is 10.1. The minimum atomic E-state index is -1.24. The largest absolute Gasteiger partial charge is 0.546 e. The Balaban J connectivity index is 2.61. The normalized spacial score (nSPS) is 9.62. The van der Waals surface area contributed by atoms with Gasteiger partial charge in [-0.15, -0.1) is 11.6 Å². The van der Waals surface area contributed by atoms with Gasteiger partial charge in [0.15, 0.2) is 0 Å². The SMILES string of the molecule is O=C([O-])COc1cccc(CCl)c1. The molecule has 0 saturated carbocycles. The number of rotatable bonds is 4. The maximum Gasteiger partial charge on any atom is 0.128 e. The van der Waals surface area contributed by atoms with E-state index in [1.165, 1.54) is 0 Å². The van der Waals surface area contributed by atoms with E-state index < -0.39 is 12.6 Å². The highest BCUT2D eigenvalue weighted by atomic mass is 35.5. The van der Waals surface area contributed by atoms with Gasteiger partial charge in [-0.25, -0.2) is 0 Å². The van der Waals surface area contributed by atoms with E-state index >= 15 is 0 Å². The van der Waals surface area contributed by atoms with Crippen LogP contribution in [0, 0.1) is 0 Å². The van der Waals surface area contributed by atoms with Crippen molar-refractivity contribution in [3.8, 4) is 5.75 Å². The monoisotopic (exact) mass is 199 g/mol. The number of ether oxygens (including phenoxy) is 1. The molecule has 4 heteroatoms. The van der Waals surface area contributed by atoms with Gasteiger partial charge in [-0.3, -0.25) is 0 Å². The van der Waals surface area contributed by atoms with Crippen LogP contribution in [0.3, 0.4) is 0 Å². The molecule has 0 unspecified atom stereocenters. The molecule has 0 saturated heterocycles. The van der Waals surface area contributed by atoms with Gasteiger partial charge in [0, 0.05) is 5.88 Å². The van der Waals surface area contributed by atoms with E-state index in [4.69, 9.17) is 16.3 Å². The van der Waals surface area contributed by atoms with Gasteiger partial charge in [0.25, 0.3) is 0 Å². The van der Waals surface area contributed by atoms with Crippen molar-refractivity contribution < 1.29 is 14.6 Å². The topological polar surface area (TPSA) is 49.4 Å². The number of aliphatic carboxylic acids is 1. The van der Waals surface area contributed by atoms with Gasteiger partial charge in [0.2, 0.25) is 0 Å². The summed E-state index contributed by atoms with van der Waals surface area (Å²) in [7, 11) is 0. The fourth-order valence-electron chi connectivity index (χ4n) is 0.861. The van der Waals surface area contributed by atoms with E-state index in [2.05, 4.69) is 0 Å².